The summed E-state index contributed by atoms with van der Waals surface area (Å²) in [7, 11) is 0. The molecule has 1 rings (SSSR count). The Morgan fingerprint density at radius 3 is 1.81 bits per heavy atom. The van der Waals surface area contributed by atoms with Crippen LogP contribution < -0.4 is 27.0 Å². The van der Waals surface area contributed by atoms with Gasteiger partial charge in [0.1, 0.15) is 30.3 Å². The number of rotatable bonds is 32. The van der Waals surface area contributed by atoms with E-state index in [-0.39, 0.29) is 31.8 Å². The Kier molecular flexibility index (Phi) is 26.6. The van der Waals surface area contributed by atoms with Crippen molar-refractivity contribution in [3.05, 3.63) is 35.9 Å². The van der Waals surface area contributed by atoms with Crippen LogP contribution in [0.1, 0.15) is 175 Å². The molecule has 0 saturated carbocycles. The summed E-state index contributed by atoms with van der Waals surface area (Å²) in [6, 6.07) is 5.53. The third-order valence-electron chi connectivity index (χ3n) is 9.48. The van der Waals surface area contributed by atoms with Gasteiger partial charge >= 0.3 is 12.1 Å². The zero-order valence-electron chi connectivity index (χ0n) is 36.7. The second kappa shape index (κ2) is 30.9. The number of carbonyl (C=O) groups is 6. The standard InChI is InChI=1S/C44H75N5O8/c1-6-7-8-9-10-11-12-13-14-15-16-17-18-19-23-29-38(50)46-32-25-24-28-37(42(54)56-33-35-26-21-20-22-27-35)48-39(51)31-30-36(40(45)52)49-41(53)34(2)47-43(55)57-44(3,4)5/h20-22,26-27,34,36-37H,6-19,23-25,28-33H2,1-5H3,(H2,45,52)(H,46,50)(H,47,55)(H,48,51)(H,49,53)/t34-,36-,37-/m0/s1/i/hD. The summed E-state index contributed by atoms with van der Waals surface area (Å²) in [5, 5.41) is 8.38. The second-order valence-corrected chi connectivity index (χ2v) is 16.0. The molecular formula is C44H75N5O8. The minimum atomic E-state index is -1.33. The number of ether oxygens (including phenoxy) is 2. The van der Waals surface area contributed by atoms with Gasteiger partial charge in [-0.1, -0.05) is 127 Å². The van der Waals surface area contributed by atoms with Gasteiger partial charge in [0.05, 0.1) is 0 Å². The van der Waals surface area contributed by atoms with Gasteiger partial charge in [-0.15, -0.1) is 0 Å². The third-order valence-corrected chi connectivity index (χ3v) is 9.48. The van der Waals surface area contributed by atoms with Gasteiger partial charge in [0.25, 0.3) is 0 Å². The zero-order chi connectivity index (χ0) is 43.2. The van der Waals surface area contributed by atoms with Gasteiger partial charge in [0, 0.05) is 19.4 Å². The highest BCUT2D eigenvalue weighted by molar-refractivity contribution is 5.91. The van der Waals surface area contributed by atoms with E-state index < -0.39 is 53.5 Å². The zero-order valence-corrected chi connectivity index (χ0v) is 35.7. The molecule has 0 spiro atoms. The molecule has 5 amide bonds. The molecule has 0 fully saturated rings. The van der Waals surface area contributed by atoms with Crippen molar-refractivity contribution in [2.75, 3.05) is 6.54 Å². The van der Waals surface area contributed by atoms with Crippen molar-refractivity contribution in [3.63, 3.8) is 0 Å². The van der Waals surface area contributed by atoms with Crippen LogP contribution in [-0.2, 0) is 40.1 Å². The van der Waals surface area contributed by atoms with Crippen LogP contribution in [0.2, 0.25) is 1.41 Å². The number of alkyl carbamates (subject to hydrolysis) is 1. The van der Waals surface area contributed by atoms with E-state index in [0.717, 1.165) is 24.8 Å². The number of hydrogen-bond donors (Lipinski definition) is 5. The van der Waals surface area contributed by atoms with Crippen LogP contribution >= 0.6 is 0 Å². The Morgan fingerprint density at radius 1 is 0.702 bits per heavy atom. The summed E-state index contributed by atoms with van der Waals surface area (Å²) < 4.78 is 18.6. The summed E-state index contributed by atoms with van der Waals surface area (Å²) in [6.07, 6.45) is 19.4. The predicted octanol–water partition coefficient (Wildman–Crippen LogP) is 7.43. The van der Waals surface area contributed by atoms with E-state index in [4.69, 9.17) is 16.6 Å². The minimum absolute atomic E-state index is 0.00702. The summed E-state index contributed by atoms with van der Waals surface area (Å²) in [5.41, 5.74) is 5.39. The van der Waals surface area contributed by atoms with Gasteiger partial charge in [0.15, 0.2) is 1.41 Å². The number of carbonyl (C=O) groups excluding carboxylic acids is 6. The van der Waals surface area contributed by atoms with E-state index in [1.165, 1.54) is 84.0 Å². The number of nitrogens with two attached hydrogens (primary N) is 1. The average molecular weight is 803 g/mol. The molecule has 6 N–H and O–H groups in total. The molecule has 0 aliphatic rings. The molecule has 57 heavy (non-hydrogen) atoms. The normalized spacial score (nSPS) is 13.0. The van der Waals surface area contributed by atoms with E-state index >= 15 is 0 Å². The first-order chi connectivity index (χ1) is 27.6. The number of unbranched alkanes of at least 4 members (excludes halogenated alkanes) is 15. The molecule has 1 aromatic rings. The highest BCUT2D eigenvalue weighted by atomic mass is 16.6. The Morgan fingerprint density at radius 2 is 1.26 bits per heavy atom. The molecule has 0 unspecified atom stereocenters. The summed E-state index contributed by atoms with van der Waals surface area (Å²) in [4.78, 5) is 75.7. The predicted molar refractivity (Wildman–Crippen MR) is 224 cm³/mol. The Hall–Kier alpha value is -4.16. The SMILES string of the molecule is [2H]N(C(=O)OC(C)(C)C)[C@@H](C)C(=O)N[C@@H](CCC(=O)N[C@@H](CCCCNC(=O)CCCCCCCCCCCCCCCCC)C(=O)OCc1ccccc1)C(N)=O. The average Bonchev–Trinajstić information content (AvgIpc) is 3.18. The molecule has 0 saturated heterocycles. The molecule has 0 radical (unpaired) electrons. The number of primary amides is 1. The first-order valence-corrected chi connectivity index (χ1v) is 21.5. The van der Waals surface area contributed by atoms with Gasteiger partial charge in [0.2, 0.25) is 23.6 Å². The van der Waals surface area contributed by atoms with E-state index in [0.29, 0.717) is 31.1 Å². The molecular weight excluding hydrogens is 727 g/mol. The maximum Gasteiger partial charge on any atom is 0.408 e. The van der Waals surface area contributed by atoms with Crippen LogP contribution in [-0.4, -0.2) is 66.0 Å². The first-order valence-electron chi connectivity index (χ1n) is 22.0. The molecule has 13 heteroatoms. The van der Waals surface area contributed by atoms with Crippen molar-refractivity contribution < 1.29 is 39.7 Å². The number of benzene rings is 1. The van der Waals surface area contributed by atoms with E-state index in [2.05, 4.69) is 22.9 Å². The third kappa shape index (κ3) is 28.0. The molecule has 0 aromatic heterocycles. The van der Waals surface area contributed by atoms with E-state index in [1.54, 1.807) is 20.8 Å². The summed E-state index contributed by atoms with van der Waals surface area (Å²) >= 11 is 0. The minimum Gasteiger partial charge on any atom is -0.459 e. The van der Waals surface area contributed by atoms with Crippen LogP contribution in [0.3, 0.4) is 0 Å². The highest BCUT2D eigenvalue weighted by Crippen LogP contribution is 2.14. The van der Waals surface area contributed by atoms with Gasteiger partial charge in [-0.2, -0.15) is 0 Å². The number of amides is 5. The Balaban J connectivity index is 2.48. The molecule has 0 aliphatic heterocycles. The van der Waals surface area contributed by atoms with Crippen LogP contribution in [0.15, 0.2) is 30.3 Å². The fraction of sp³-hybridized carbons (Fsp3) is 0.727. The quantitative estimate of drug-likeness (QED) is 0.0367. The van der Waals surface area contributed by atoms with Crippen molar-refractivity contribution in [1.82, 2.24) is 21.3 Å². The molecule has 0 aliphatic carbocycles. The fourth-order valence-corrected chi connectivity index (χ4v) is 6.15. The van der Waals surface area contributed by atoms with Crippen molar-refractivity contribution in [2.45, 2.75) is 200 Å². The van der Waals surface area contributed by atoms with Crippen LogP contribution in [0, 0.1) is 0 Å². The topological polar surface area (TPSA) is 195 Å². The summed E-state index contributed by atoms with van der Waals surface area (Å²) in [5.74, 6) is -2.94. The lowest BCUT2D eigenvalue weighted by molar-refractivity contribution is -0.149. The van der Waals surface area contributed by atoms with Crippen LogP contribution in [0.4, 0.5) is 4.79 Å². The number of esters is 1. The fourth-order valence-electron chi connectivity index (χ4n) is 6.15. The van der Waals surface area contributed by atoms with Crippen LogP contribution in [0.5, 0.6) is 0 Å². The van der Waals surface area contributed by atoms with Crippen LogP contribution in [0.25, 0.3) is 0 Å². The largest absolute Gasteiger partial charge is 0.459 e. The Labute approximate surface area is 343 Å². The molecule has 0 bridgehead atoms. The molecule has 0 heterocycles. The van der Waals surface area contributed by atoms with Crippen molar-refractivity contribution in [1.29, 1.82) is 0 Å². The van der Waals surface area contributed by atoms with Gasteiger partial charge in [-0.05, 0) is 65.4 Å². The van der Waals surface area contributed by atoms with Gasteiger partial charge < -0.3 is 36.5 Å². The second-order valence-electron chi connectivity index (χ2n) is 16.0. The molecule has 3 atom stereocenters. The van der Waals surface area contributed by atoms with Crippen molar-refractivity contribution in [2.24, 2.45) is 5.73 Å². The molecule has 13 nitrogen and oxygen atoms in total. The van der Waals surface area contributed by atoms with E-state index in [9.17, 15) is 28.8 Å². The molecule has 1 aromatic carbocycles. The maximum absolute atomic E-state index is 13.1. The number of hydrogen-bond acceptors (Lipinski definition) is 8. The molecule has 324 valence electrons. The van der Waals surface area contributed by atoms with Gasteiger partial charge in [-0.25, -0.2) is 9.59 Å². The lowest BCUT2D eigenvalue weighted by Gasteiger charge is -2.23. The highest BCUT2D eigenvalue weighted by Gasteiger charge is 2.27. The van der Waals surface area contributed by atoms with E-state index in [1.807, 2.05) is 30.3 Å². The smallest absolute Gasteiger partial charge is 0.408 e. The first kappa shape index (κ1) is 49.0. The lowest BCUT2D eigenvalue weighted by atomic mass is 10.0. The van der Waals surface area contributed by atoms with Crippen molar-refractivity contribution >= 4 is 35.7 Å². The van der Waals surface area contributed by atoms with Gasteiger partial charge in [-0.3, -0.25) is 19.2 Å². The monoisotopic (exact) mass is 803 g/mol. The number of nitrogens with one attached hydrogen (secondary N) is 4. The summed E-state index contributed by atoms with van der Waals surface area (Å²) in [6.45, 7) is 8.86. The van der Waals surface area contributed by atoms with Crippen molar-refractivity contribution in [3.8, 4) is 0 Å². The Bertz CT molecular complexity index is 1340. The lowest BCUT2D eigenvalue weighted by Crippen LogP contribution is -2.52. The maximum atomic E-state index is 13.1.